The third-order valence-electron chi connectivity index (χ3n) is 5.00. The Morgan fingerprint density at radius 3 is 2.72 bits per heavy atom. The van der Waals surface area contributed by atoms with E-state index in [-0.39, 0.29) is 5.91 Å². The van der Waals surface area contributed by atoms with Crippen LogP contribution in [0.3, 0.4) is 0 Å². The molecule has 1 aliphatic heterocycles. The van der Waals surface area contributed by atoms with E-state index in [2.05, 4.69) is 22.0 Å². The molecule has 1 amide bonds. The molecule has 1 fully saturated rings. The van der Waals surface area contributed by atoms with Crippen LogP contribution in [0.1, 0.15) is 36.3 Å². The Balaban J connectivity index is 1.35. The van der Waals surface area contributed by atoms with Gasteiger partial charge in [0.2, 0.25) is 5.91 Å². The van der Waals surface area contributed by atoms with E-state index in [4.69, 9.17) is 0 Å². The maximum atomic E-state index is 12.4. The Hall–Kier alpha value is -1.72. The minimum atomic E-state index is 0.258. The molecule has 1 saturated heterocycles. The standard InChI is InChI=1S/C20H27N3OS/c1-22(15-18-5-3-2-4-6-18)20(24)8-7-17-9-12-23(13-10-17)16-19-21-11-14-25-19/h2-6,11,14,17H,7-10,12-13,15-16H2,1H3. The molecule has 4 nitrogen and oxygen atoms in total. The van der Waals surface area contributed by atoms with Gasteiger partial charge in [0.05, 0.1) is 6.54 Å². The third kappa shape index (κ3) is 5.65. The highest BCUT2D eigenvalue weighted by atomic mass is 32.1. The lowest BCUT2D eigenvalue weighted by Gasteiger charge is -2.31. The summed E-state index contributed by atoms with van der Waals surface area (Å²) in [7, 11) is 1.91. The molecule has 0 spiro atoms. The van der Waals surface area contributed by atoms with E-state index in [1.807, 2.05) is 41.7 Å². The van der Waals surface area contributed by atoms with Crippen molar-refractivity contribution in [2.24, 2.45) is 5.92 Å². The van der Waals surface area contributed by atoms with Crippen molar-refractivity contribution in [2.75, 3.05) is 20.1 Å². The summed E-state index contributed by atoms with van der Waals surface area (Å²) in [4.78, 5) is 21.1. The van der Waals surface area contributed by atoms with Gasteiger partial charge in [-0.3, -0.25) is 9.69 Å². The van der Waals surface area contributed by atoms with Gasteiger partial charge >= 0.3 is 0 Å². The maximum absolute atomic E-state index is 12.4. The lowest BCUT2D eigenvalue weighted by molar-refractivity contribution is -0.130. The number of carbonyl (C=O) groups excluding carboxylic acids is 1. The monoisotopic (exact) mass is 357 g/mol. The zero-order valence-electron chi connectivity index (χ0n) is 14.9. The zero-order valence-corrected chi connectivity index (χ0v) is 15.8. The Kier molecular flexibility index (Phi) is 6.59. The van der Waals surface area contributed by atoms with E-state index < -0.39 is 0 Å². The van der Waals surface area contributed by atoms with Gasteiger partial charge in [0.1, 0.15) is 5.01 Å². The normalized spacial score (nSPS) is 16.0. The quantitative estimate of drug-likeness (QED) is 0.756. The molecule has 0 N–H and O–H groups in total. The molecular formula is C20H27N3OS. The van der Waals surface area contributed by atoms with E-state index in [9.17, 15) is 4.79 Å². The molecular weight excluding hydrogens is 330 g/mol. The lowest BCUT2D eigenvalue weighted by atomic mass is 9.92. The first-order chi connectivity index (χ1) is 12.2. The second kappa shape index (κ2) is 9.11. The first-order valence-electron chi connectivity index (χ1n) is 9.09. The van der Waals surface area contributed by atoms with Gasteiger partial charge in [-0.25, -0.2) is 4.98 Å². The molecule has 2 heterocycles. The van der Waals surface area contributed by atoms with Gasteiger partial charge in [-0.2, -0.15) is 0 Å². The minimum Gasteiger partial charge on any atom is -0.341 e. The van der Waals surface area contributed by atoms with Gasteiger partial charge in [-0.1, -0.05) is 30.3 Å². The number of nitrogens with zero attached hydrogens (tertiary/aromatic N) is 3. The molecule has 1 aromatic heterocycles. The average Bonchev–Trinajstić information content (AvgIpc) is 3.14. The topological polar surface area (TPSA) is 36.4 Å². The Labute approximate surface area is 154 Å². The summed E-state index contributed by atoms with van der Waals surface area (Å²) < 4.78 is 0. The third-order valence-corrected chi connectivity index (χ3v) is 5.77. The SMILES string of the molecule is CN(Cc1ccccc1)C(=O)CCC1CCN(Cc2nccs2)CC1. The van der Waals surface area contributed by atoms with Crippen molar-refractivity contribution >= 4 is 17.2 Å². The first-order valence-corrected chi connectivity index (χ1v) is 9.97. The number of carbonyl (C=O) groups is 1. The van der Waals surface area contributed by atoms with Crippen LogP contribution in [-0.2, 0) is 17.9 Å². The van der Waals surface area contributed by atoms with Gasteiger partial charge in [0.15, 0.2) is 0 Å². The summed E-state index contributed by atoms with van der Waals surface area (Å²) in [6.45, 7) is 3.92. The van der Waals surface area contributed by atoms with Crippen molar-refractivity contribution < 1.29 is 4.79 Å². The number of likely N-dealkylation sites (tertiary alicyclic amines) is 1. The van der Waals surface area contributed by atoms with E-state index >= 15 is 0 Å². The second-order valence-electron chi connectivity index (χ2n) is 6.92. The van der Waals surface area contributed by atoms with Gasteiger partial charge < -0.3 is 4.90 Å². The van der Waals surface area contributed by atoms with Crippen molar-refractivity contribution in [3.8, 4) is 0 Å². The number of aromatic nitrogens is 1. The van der Waals surface area contributed by atoms with Crippen molar-refractivity contribution in [3.05, 3.63) is 52.5 Å². The fraction of sp³-hybridized carbons (Fsp3) is 0.500. The molecule has 25 heavy (non-hydrogen) atoms. The predicted octanol–water partition coefficient (Wildman–Crippen LogP) is 3.79. The average molecular weight is 358 g/mol. The van der Waals surface area contributed by atoms with E-state index in [0.717, 1.165) is 26.1 Å². The van der Waals surface area contributed by atoms with Crippen LogP contribution in [0.4, 0.5) is 0 Å². The number of thiazole rings is 1. The number of amides is 1. The largest absolute Gasteiger partial charge is 0.341 e. The number of rotatable bonds is 7. The molecule has 2 aromatic rings. The molecule has 134 valence electrons. The molecule has 1 aliphatic rings. The van der Waals surface area contributed by atoms with Crippen LogP contribution in [0, 0.1) is 5.92 Å². The summed E-state index contributed by atoms with van der Waals surface area (Å²) in [5.41, 5.74) is 1.19. The highest BCUT2D eigenvalue weighted by molar-refractivity contribution is 7.09. The van der Waals surface area contributed by atoms with Gasteiger partial charge in [-0.15, -0.1) is 11.3 Å². The van der Waals surface area contributed by atoms with Gasteiger partial charge in [-0.05, 0) is 43.8 Å². The molecule has 0 saturated carbocycles. The fourth-order valence-electron chi connectivity index (χ4n) is 3.42. The van der Waals surface area contributed by atoms with Crippen molar-refractivity contribution in [1.82, 2.24) is 14.8 Å². The van der Waals surface area contributed by atoms with Crippen LogP contribution < -0.4 is 0 Å². The van der Waals surface area contributed by atoms with E-state index in [1.165, 1.54) is 23.4 Å². The summed E-state index contributed by atoms with van der Waals surface area (Å²) >= 11 is 1.73. The van der Waals surface area contributed by atoms with Crippen LogP contribution in [0.5, 0.6) is 0 Å². The van der Waals surface area contributed by atoms with Crippen molar-refractivity contribution in [3.63, 3.8) is 0 Å². The Bertz CT molecular complexity index is 636. The maximum Gasteiger partial charge on any atom is 0.222 e. The van der Waals surface area contributed by atoms with Crippen LogP contribution in [0.2, 0.25) is 0 Å². The molecule has 0 unspecified atom stereocenters. The van der Waals surface area contributed by atoms with Gasteiger partial charge in [0, 0.05) is 31.6 Å². The van der Waals surface area contributed by atoms with Gasteiger partial charge in [0.25, 0.3) is 0 Å². The molecule has 0 atom stereocenters. The molecule has 5 heteroatoms. The number of hydrogen-bond acceptors (Lipinski definition) is 4. The minimum absolute atomic E-state index is 0.258. The van der Waals surface area contributed by atoms with E-state index in [0.29, 0.717) is 18.9 Å². The van der Waals surface area contributed by atoms with Crippen LogP contribution in [0.15, 0.2) is 41.9 Å². The summed E-state index contributed by atoms with van der Waals surface area (Å²) in [5, 5.41) is 3.25. The summed E-state index contributed by atoms with van der Waals surface area (Å²) in [6.07, 6.45) is 5.95. The highest BCUT2D eigenvalue weighted by Crippen LogP contribution is 2.24. The second-order valence-corrected chi connectivity index (χ2v) is 7.90. The smallest absolute Gasteiger partial charge is 0.222 e. The first kappa shape index (κ1) is 18.1. The number of piperidine rings is 1. The Morgan fingerprint density at radius 2 is 2.04 bits per heavy atom. The molecule has 0 bridgehead atoms. The Morgan fingerprint density at radius 1 is 1.28 bits per heavy atom. The summed E-state index contributed by atoms with van der Waals surface area (Å²) in [5.74, 6) is 0.940. The molecule has 3 rings (SSSR count). The highest BCUT2D eigenvalue weighted by Gasteiger charge is 2.21. The summed E-state index contributed by atoms with van der Waals surface area (Å²) in [6, 6.07) is 10.2. The molecule has 1 aromatic carbocycles. The van der Waals surface area contributed by atoms with Crippen LogP contribution in [-0.4, -0.2) is 40.8 Å². The van der Waals surface area contributed by atoms with E-state index in [1.54, 1.807) is 11.3 Å². The van der Waals surface area contributed by atoms with Crippen molar-refractivity contribution in [1.29, 1.82) is 0 Å². The van der Waals surface area contributed by atoms with Crippen LogP contribution in [0.25, 0.3) is 0 Å². The van der Waals surface area contributed by atoms with Crippen LogP contribution >= 0.6 is 11.3 Å². The predicted molar refractivity (Wildman–Crippen MR) is 102 cm³/mol. The zero-order chi connectivity index (χ0) is 17.5. The lowest BCUT2D eigenvalue weighted by Crippen LogP contribution is -2.34. The van der Waals surface area contributed by atoms with Crippen molar-refractivity contribution in [2.45, 2.75) is 38.8 Å². The number of hydrogen-bond donors (Lipinski definition) is 0. The number of benzene rings is 1. The molecule has 0 aliphatic carbocycles. The molecule has 0 radical (unpaired) electrons. The fourth-order valence-corrected chi connectivity index (χ4v) is 4.08.